The highest BCUT2D eigenvalue weighted by Gasteiger charge is 2.50. The first-order chi connectivity index (χ1) is 17.6. The number of carbonyl (C=O) groups excluding carboxylic acids is 1. The minimum Gasteiger partial charge on any atom is -0.371 e. The number of morpholine rings is 1. The lowest BCUT2D eigenvalue weighted by Crippen LogP contribution is -2.53. The van der Waals surface area contributed by atoms with Crippen molar-refractivity contribution in [2.45, 2.75) is 63.5 Å². The molecule has 0 radical (unpaired) electrons. The standard InChI is InChI=1S/C25H31F3N6O3/c1-3-29-22(36)30-17-6-4-16(5-7-17)8-10-32-19(25(26,27)28)9-11-33-21(35)12-20(31-23(32)33)34-15-24(2)13-18(34)14-37-24/h4-7,12,18-19H,3,8-11,13-15H2,1-2H3,(H2,29,30,36)/t18?,19-,24-/m0/s1. The Morgan fingerprint density at radius 2 is 2.03 bits per heavy atom. The SMILES string of the molecule is CCNC(=O)Nc1ccc(CCN2c3nc(N4C[C@]5(C)CC4CO5)cc(=O)n3CC[C@H]2C(F)(F)F)cc1. The Morgan fingerprint density at radius 3 is 2.65 bits per heavy atom. The van der Waals surface area contributed by atoms with E-state index in [0.717, 1.165) is 12.0 Å². The number of carbonyl (C=O) groups is 1. The Morgan fingerprint density at radius 1 is 1.27 bits per heavy atom. The van der Waals surface area contributed by atoms with Gasteiger partial charge >= 0.3 is 12.2 Å². The van der Waals surface area contributed by atoms with Crippen molar-refractivity contribution in [3.05, 3.63) is 46.2 Å². The van der Waals surface area contributed by atoms with Gasteiger partial charge < -0.3 is 25.2 Å². The first-order valence-corrected chi connectivity index (χ1v) is 12.6. The van der Waals surface area contributed by atoms with E-state index in [1.54, 1.807) is 24.3 Å². The number of nitrogens with zero attached hydrogens (tertiary/aromatic N) is 4. The van der Waals surface area contributed by atoms with E-state index in [2.05, 4.69) is 15.6 Å². The predicted octanol–water partition coefficient (Wildman–Crippen LogP) is 3.14. The van der Waals surface area contributed by atoms with Crippen LogP contribution in [-0.4, -0.2) is 65.7 Å². The predicted molar refractivity (Wildman–Crippen MR) is 133 cm³/mol. The average Bonchev–Trinajstić information content (AvgIpc) is 3.39. The minimum atomic E-state index is -4.46. The summed E-state index contributed by atoms with van der Waals surface area (Å²) in [7, 11) is 0. The van der Waals surface area contributed by atoms with Gasteiger partial charge in [0.15, 0.2) is 0 Å². The third kappa shape index (κ3) is 5.11. The molecule has 2 saturated heterocycles. The number of fused-ring (bicyclic) bond motifs is 3. The van der Waals surface area contributed by atoms with Gasteiger partial charge in [0.05, 0.1) is 18.2 Å². The van der Waals surface area contributed by atoms with Crippen LogP contribution in [0.3, 0.4) is 0 Å². The highest BCUT2D eigenvalue weighted by Crippen LogP contribution is 2.40. The number of amides is 2. The summed E-state index contributed by atoms with van der Waals surface area (Å²) in [6.45, 7) is 5.36. The zero-order valence-corrected chi connectivity index (χ0v) is 20.8. The number of anilines is 3. The zero-order chi connectivity index (χ0) is 26.4. The topological polar surface area (TPSA) is 91.7 Å². The van der Waals surface area contributed by atoms with Crippen LogP contribution < -0.4 is 26.0 Å². The summed E-state index contributed by atoms with van der Waals surface area (Å²) in [5.74, 6) is 0.460. The molecule has 0 spiro atoms. The largest absolute Gasteiger partial charge is 0.408 e. The van der Waals surface area contributed by atoms with Crippen LogP contribution in [0, 0.1) is 0 Å². The number of hydrogen-bond acceptors (Lipinski definition) is 6. The van der Waals surface area contributed by atoms with E-state index in [4.69, 9.17) is 4.74 Å². The van der Waals surface area contributed by atoms with Crippen LogP contribution in [0.25, 0.3) is 0 Å². The molecule has 2 N–H and O–H groups in total. The van der Waals surface area contributed by atoms with Crippen LogP contribution in [-0.2, 0) is 17.7 Å². The summed E-state index contributed by atoms with van der Waals surface area (Å²) in [4.78, 5) is 32.5. The van der Waals surface area contributed by atoms with Gasteiger partial charge in [-0.05, 0) is 44.4 Å². The van der Waals surface area contributed by atoms with Gasteiger partial charge in [-0.2, -0.15) is 18.2 Å². The fraction of sp³-hybridized carbons (Fsp3) is 0.560. The van der Waals surface area contributed by atoms with Crippen molar-refractivity contribution in [3.8, 4) is 0 Å². The smallest absolute Gasteiger partial charge is 0.371 e. The monoisotopic (exact) mass is 520 g/mol. The molecule has 5 rings (SSSR count). The fourth-order valence-electron chi connectivity index (χ4n) is 5.52. The molecule has 1 unspecified atom stereocenters. The molecule has 3 aliphatic heterocycles. The van der Waals surface area contributed by atoms with Crippen molar-refractivity contribution < 1.29 is 22.7 Å². The summed E-state index contributed by atoms with van der Waals surface area (Å²) in [5, 5.41) is 5.33. The highest BCUT2D eigenvalue weighted by atomic mass is 19.4. The second-order valence-corrected chi connectivity index (χ2v) is 10.1. The van der Waals surface area contributed by atoms with E-state index in [1.807, 2.05) is 18.7 Å². The number of alkyl halides is 3. The molecular formula is C25H31F3N6O3. The second kappa shape index (κ2) is 9.55. The minimum absolute atomic E-state index is 0.0351. The van der Waals surface area contributed by atoms with Crippen LogP contribution in [0.4, 0.5) is 35.4 Å². The Balaban J connectivity index is 1.39. The lowest BCUT2D eigenvalue weighted by Gasteiger charge is -2.40. The molecule has 2 bridgehead atoms. The molecule has 4 heterocycles. The van der Waals surface area contributed by atoms with Crippen LogP contribution in [0.1, 0.15) is 32.3 Å². The van der Waals surface area contributed by atoms with Crippen molar-refractivity contribution >= 4 is 23.5 Å². The highest BCUT2D eigenvalue weighted by molar-refractivity contribution is 5.89. The van der Waals surface area contributed by atoms with Crippen LogP contribution in [0.2, 0.25) is 0 Å². The Labute approximate surface area is 212 Å². The molecule has 3 aliphatic rings. The van der Waals surface area contributed by atoms with E-state index in [9.17, 15) is 22.8 Å². The first-order valence-electron chi connectivity index (χ1n) is 12.6. The van der Waals surface area contributed by atoms with Crippen molar-refractivity contribution in [2.75, 3.05) is 41.4 Å². The Hall–Kier alpha value is -3.28. The number of aromatic nitrogens is 2. The zero-order valence-electron chi connectivity index (χ0n) is 20.8. The van der Waals surface area contributed by atoms with Gasteiger partial charge in [-0.15, -0.1) is 0 Å². The normalized spacial score (nSPS) is 24.8. The number of rotatable bonds is 6. The molecule has 2 fully saturated rings. The summed E-state index contributed by atoms with van der Waals surface area (Å²) in [6.07, 6.45) is -3.57. The maximum absolute atomic E-state index is 14.1. The molecule has 0 saturated carbocycles. The molecule has 2 aromatic rings. The molecule has 1 aromatic heterocycles. The summed E-state index contributed by atoms with van der Waals surface area (Å²) >= 11 is 0. The molecule has 200 valence electrons. The van der Waals surface area contributed by atoms with Gasteiger partial charge in [0.2, 0.25) is 5.95 Å². The second-order valence-electron chi connectivity index (χ2n) is 10.1. The van der Waals surface area contributed by atoms with Gasteiger partial charge in [0.1, 0.15) is 11.9 Å². The number of urea groups is 1. The Kier molecular flexibility index (Phi) is 6.55. The summed E-state index contributed by atoms with van der Waals surface area (Å²) in [6, 6.07) is 6.39. The van der Waals surface area contributed by atoms with Gasteiger partial charge in [0, 0.05) is 44.4 Å². The van der Waals surface area contributed by atoms with Crippen LogP contribution in [0.15, 0.2) is 35.1 Å². The molecule has 1 aromatic carbocycles. The van der Waals surface area contributed by atoms with Gasteiger partial charge in [-0.1, -0.05) is 12.1 Å². The first kappa shape index (κ1) is 25.4. The molecule has 3 atom stereocenters. The maximum atomic E-state index is 14.1. The number of halogens is 3. The quantitative estimate of drug-likeness (QED) is 0.608. The number of ether oxygens (including phenoxy) is 1. The van der Waals surface area contributed by atoms with E-state index >= 15 is 0 Å². The Bertz CT molecular complexity index is 1220. The molecule has 2 amide bonds. The molecule has 37 heavy (non-hydrogen) atoms. The average molecular weight is 521 g/mol. The third-order valence-corrected chi connectivity index (χ3v) is 7.33. The van der Waals surface area contributed by atoms with E-state index < -0.39 is 12.2 Å². The summed E-state index contributed by atoms with van der Waals surface area (Å²) < 4.78 is 49.4. The lowest BCUT2D eigenvalue weighted by atomic mass is 10.1. The maximum Gasteiger partial charge on any atom is 0.408 e. The molecule has 9 nitrogen and oxygen atoms in total. The molecule has 12 heteroatoms. The van der Waals surface area contributed by atoms with E-state index in [1.165, 1.54) is 15.5 Å². The molecule has 0 aliphatic carbocycles. The van der Waals surface area contributed by atoms with Gasteiger partial charge in [-0.3, -0.25) is 9.36 Å². The van der Waals surface area contributed by atoms with Crippen LogP contribution in [0.5, 0.6) is 0 Å². The number of benzene rings is 1. The van der Waals surface area contributed by atoms with Crippen molar-refractivity contribution in [1.82, 2.24) is 14.9 Å². The van der Waals surface area contributed by atoms with Crippen LogP contribution >= 0.6 is 0 Å². The summed E-state index contributed by atoms with van der Waals surface area (Å²) in [5.41, 5.74) is 0.715. The van der Waals surface area contributed by atoms with Crippen molar-refractivity contribution in [2.24, 2.45) is 0 Å². The number of hydrogen-bond donors (Lipinski definition) is 2. The van der Waals surface area contributed by atoms with E-state index in [-0.39, 0.29) is 48.7 Å². The van der Waals surface area contributed by atoms with E-state index in [0.29, 0.717) is 37.6 Å². The molecular weight excluding hydrogens is 489 g/mol. The lowest BCUT2D eigenvalue weighted by molar-refractivity contribution is -0.152. The van der Waals surface area contributed by atoms with Gasteiger partial charge in [0.25, 0.3) is 5.56 Å². The fourth-order valence-corrected chi connectivity index (χ4v) is 5.52. The number of nitrogens with one attached hydrogen (secondary N) is 2. The van der Waals surface area contributed by atoms with Gasteiger partial charge in [-0.25, -0.2) is 4.79 Å². The van der Waals surface area contributed by atoms with Crippen molar-refractivity contribution in [1.29, 1.82) is 0 Å². The van der Waals surface area contributed by atoms with Crippen molar-refractivity contribution in [3.63, 3.8) is 0 Å². The third-order valence-electron chi connectivity index (χ3n) is 7.33.